The first-order chi connectivity index (χ1) is 9.89. The Kier molecular flexibility index (Phi) is 2.81. The molecular weight excluding hydrogens is 260 g/mol. The van der Waals surface area contributed by atoms with Crippen LogP contribution in [0.4, 0.5) is 0 Å². The fourth-order valence-electron chi connectivity index (χ4n) is 6.52. The van der Waals surface area contributed by atoms with Gasteiger partial charge in [0.1, 0.15) is 0 Å². The van der Waals surface area contributed by atoms with Crippen LogP contribution in [0.15, 0.2) is 11.6 Å². The maximum atomic E-state index is 11.8. The number of carbonyl (C=O) groups is 1. The van der Waals surface area contributed by atoms with Gasteiger partial charge in [0.2, 0.25) is 0 Å². The van der Waals surface area contributed by atoms with Gasteiger partial charge in [-0.15, -0.1) is 0 Å². The van der Waals surface area contributed by atoms with E-state index >= 15 is 0 Å². The molecule has 3 fully saturated rings. The lowest BCUT2D eigenvalue weighted by molar-refractivity contribution is -0.173. The number of hydrogen-bond acceptors (Lipinski definition) is 2. The Labute approximate surface area is 128 Å². The van der Waals surface area contributed by atoms with E-state index in [1.165, 1.54) is 31.3 Å². The van der Waals surface area contributed by atoms with Crippen molar-refractivity contribution in [1.29, 1.82) is 0 Å². The summed E-state index contributed by atoms with van der Waals surface area (Å²) in [5.74, 6) is 1.36. The van der Waals surface area contributed by atoms with Crippen molar-refractivity contribution in [1.82, 2.24) is 0 Å². The number of fused-ring (bicyclic) bond motifs is 5. The van der Waals surface area contributed by atoms with Crippen LogP contribution in [0, 0.1) is 22.7 Å². The maximum absolute atomic E-state index is 11.8. The molecule has 0 amide bonds. The Bertz CT molecular complexity index is 522. The first kappa shape index (κ1) is 14.0. The molecule has 0 unspecified atom stereocenters. The summed E-state index contributed by atoms with van der Waals surface area (Å²) in [6, 6.07) is 0. The number of carbonyl (C=O) groups excluding carboxylic acids is 1. The normalized spacial score (nSPS) is 52.7. The summed E-state index contributed by atoms with van der Waals surface area (Å²) in [5.41, 5.74) is 1.28. The molecule has 0 heterocycles. The van der Waals surface area contributed by atoms with E-state index in [0.29, 0.717) is 24.0 Å². The van der Waals surface area contributed by atoms with Crippen LogP contribution in [0.25, 0.3) is 0 Å². The lowest BCUT2D eigenvalue weighted by Gasteiger charge is -2.60. The number of ketones is 1. The standard InChI is InChI=1S/C19H28O2/c1-17-8-3-9-19(17,21)16-5-4-13-12-14(20)6-11-18(13,2)15(16)7-10-17/h12,15-16,21H,3-11H2,1-2H3/t15-,16-,17-,18+,19-/m1/s1. The molecule has 0 aliphatic heterocycles. The molecular formula is C19H28O2. The number of aliphatic hydroxyl groups is 1. The maximum Gasteiger partial charge on any atom is 0.155 e. The molecule has 0 aromatic carbocycles. The third-order valence-electron chi connectivity index (χ3n) is 7.94. The Hall–Kier alpha value is -0.630. The Morgan fingerprint density at radius 2 is 1.86 bits per heavy atom. The van der Waals surface area contributed by atoms with Crippen molar-refractivity contribution in [2.45, 2.75) is 77.2 Å². The van der Waals surface area contributed by atoms with Crippen molar-refractivity contribution in [3.05, 3.63) is 11.6 Å². The highest BCUT2D eigenvalue weighted by atomic mass is 16.3. The molecule has 4 aliphatic rings. The minimum absolute atomic E-state index is 0.149. The zero-order valence-electron chi connectivity index (χ0n) is 13.5. The number of allylic oxidation sites excluding steroid dienone is 1. The van der Waals surface area contributed by atoms with Gasteiger partial charge >= 0.3 is 0 Å². The number of rotatable bonds is 0. The second-order valence-electron chi connectivity index (χ2n) is 8.68. The molecule has 0 spiro atoms. The van der Waals surface area contributed by atoms with Gasteiger partial charge in [-0.3, -0.25) is 4.79 Å². The topological polar surface area (TPSA) is 37.3 Å². The molecule has 116 valence electrons. The molecule has 4 aliphatic carbocycles. The minimum atomic E-state index is -0.439. The zero-order valence-corrected chi connectivity index (χ0v) is 13.5. The highest BCUT2D eigenvalue weighted by Crippen LogP contribution is 2.66. The summed E-state index contributed by atoms with van der Waals surface area (Å²) >= 11 is 0. The Morgan fingerprint density at radius 3 is 2.67 bits per heavy atom. The highest BCUT2D eigenvalue weighted by Gasteiger charge is 2.63. The summed E-state index contributed by atoms with van der Waals surface area (Å²) in [7, 11) is 0. The molecule has 4 rings (SSSR count). The van der Waals surface area contributed by atoms with E-state index in [1.807, 2.05) is 6.08 Å². The predicted octanol–water partition coefficient (Wildman–Crippen LogP) is 4.02. The van der Waals surface area contributed by atoms with E-state index in [1.54, 1.807) is 0 Å². The summed E-state index contributed by atoms with van der Waals surface area (Å²) in [5, 5.41) is 11.5. The monoisotopic (exact) mass is 288 g/mol. The van der Waals surface area contributed by atoms with Crippen LogP contribution in [-0.4, -0.2) is 16.5 Å². The molecule has 21 heavy (non-hydrogen) atoms. The van der Waals surface area contributed by atoms with Gasteiger partial charge in [0, 0.05) is 6.42 Å². The SMILES string of the molecule is C[C@]12CCC[C@@]1(O)[C@@H]1CCC3=CC(=O)CC[C@]3(C)[C@@H]1CC2. The smallest absolute Gasteiger partial charge is 0.155 e. The molecule has 0 radical (unpaired) electrons. The van der Waals surface area contributed by atoms with Crippen molar-refractivity contribution in [3.63, 3.8) is 0 Å². The molecule has 3 saturated carbocycles. The quantitative estimate of drug-likeness (QED) is 0.731. The molecule has 0 bridgehead atoms. The first-order valence-electron chi connectivity index (χ1n) is 8.85. The van der Waals surface area contributed by atoms with Gasteiger partial charge in [-0.25, -0.2) is 0 Å². The summed E-state index contributed by atoms with van der Waals surface area (Å²) < 4.78 is 0. The van der Waals surface area contributed by atoms with Crippen LogP contribution in [0.2, 0.25) is 0 Å². The van der Waals surface area contributed by atoms with Crippen LogP contribution in [0.3, 0.4) is 0 Å². The molecule has 0 saturated heterocycles. The summed E-state index contributed by atoms with van der Waals surface area (Å²) in [6.45, 7) is 4.71. The van der Waals surface area contributed by atoms with E-state index in [9.17, 15) is 9.90 Å². The lowest BCUT2D eigenvalue weighted by Crippen LogP contribution is -2.59. The molecule has 5 atom stereocenters. The van der Waals surface area contributed by atoms with Crippen LogP contribution >= 0.6 is 0 Å². The van der Waals surface area contributed by atoms with Gasteiger partial charge in [0.15, 0.2) is 5.78 Å². The van der Waals surface area contributed by atoms with Gasteiger partial charge in [-0.1, -0.05) is 19.4 Å². The van der Waals surface area contributed by atoms with Crippen molar-refractivity contribution in [2.24, 2.45) is 22.7 Å². The minimum Gasteiger partial charge on any atom is -0.389 e. The zero-order chi connectivity index (χ0) is 14.9. The van der Waals surface area contributed by atoms with Crippen molar-refractivity contribution < 1.29 is 9.90 Å². The second-order valence-corrected chi connectivity index (χ2v) is 8.68. The molecule has 0 aromatic rings. The first-order valence-corrected chi connectivity index (χ1v) is 8.85. The highest BCUT2D eigenvalue weighted by molar-refractivity contribution is 5.91. The van der Waals surface area contributed by atoms with E-state index in [4.69, 9.17) is 0 Å². The van der Waals surface area contributed by atoms with Crippen molar-refractivity contribution >= 4 is 5.78 Å². The van der Waals surface area contributed by atoms with Gasteiger partial charge in [0.05, 0.1) is 5.60 Å². The predicted molar refractivity (Wildman–Crippen MR) is 82.8 cm³/mol. The molecule has 2 nitrogen and oxygen atoms in total. The molecule has 0 aromatic heterocycles. The van der Waals surface area contributed by atoms with Crippen LogP contribution in [0.5, 0.6) is 0 Å². The average Bonchev–Trinajstić information content (AvgIpc) is 2.75. The van der Waals surface area contributed by atoms with Crippen molar-refractivity contribution in [2.75, 3.05) is 0 Å². The van der Waals surface area contributed by atoms with Gasteiger partial charge < -0.3 is 5.11 Å². The lowest BCUT2D eigenvalue weighted by atomic mass is 9.46. The molecule has 2 heteroatoms. The summed E-state index contributed by atoms with van der Waals surface area (Å²) in [6.07, 6.45) is 11.6. The fourth-order valence-corrected chi connectivity index (χ4v) is 6.52. The van der Waals surface area contributed by atoms with E-state index < -0.39 is 5.60 Å². The van der Waals surface area contributed by atoms with E-state index in [0.717, 1.165) is 25.7 Å². The van der Waals surface area contributed by atoms with Crippen LogP contribution in [-0.2, 0) is 4.79 Å². The third kappa shape index (κ3) is 1.66. The summed E-state index contributed by atoms with van der Waals surface area (Å²) in [4.78, 5) is 11.8. The van der Waals surface area contributed by atoms with Crippen LogP contribution in [0.1, 0.15) is 71.6 Å². The van der Waals surface area contributed by atoms with Crippen LogP contribution < -0.4 is 0 Å². The van der Waals surface area contributed by atoms with Gasteiger partial charge in [0.25, 0.3) is 0 Å². The molecule has 1 N–H and O–H groups in total. The van der Waals surface area contributed by atoms with Gasteiger partial charge in [-0.05, 0) is 80.1 Å². The van der Waals surface area contributed by atoms with E-state index in [2.05, 4.69) is 13.8 Å². The second kappa shape index (κ2) is 4.22. The fraction of sp³-hybridized carbons (Fsp3) is 0.842. The van der Waals surface area contributed by atoms with Crippen molar-refractivity contribution in [3.8, 4) is 0 Å². The largest absolute Gasteiger partial charge is 0.389 e. The average molecular weight is 288 g/mol. The third-order valence-corrected chi connectivity index (χ3v) is 7.94. The number of hydrogen-bond donors (Lipinski definition) is 1. The Morgan fingerprint density at radius 1 is 1.05 bits per heavy atom. The van der Waals surface area contributed by atoms with E-state index in [-0.39, 0.29) is 10.8 Å². The van der Waals surface area contributed by atoms with Gasteiger partial charge in [-0.2, -0.15) is 0 Å². The Balaban J connectivity index is 1.74.